The summed E-state index contributed by atoms with van der Waals surface area (Å²) >= 11 is 13.5. The molecule has 8 nitrogen and oxygen atoms in total. The van der Waals surface area contributed by atoms with Gasteiger partial charge in [0.05, 0.1) is 21.5 Å². The molecule has 3 heterocycles. The molecule has 0 aliphatic carbocycles. The molecule has 0 unspecified atom stereocenters. The molecule has 11 heteroatoms. The second kappa shape index (κ2) is 8.86. The molecule has 152 valence electrons. The minimum atomic E-state index is -0.248. The number of amides is 1. The smallest absolute Gasteiger partial charge is 0.236 e. The first-order chi connectivity index (χ1) is 14.5. The molecule has 1 amide bonds. The lowest BCUT2D eigenvalue weighted by Crippen LogP contribution is -2.14. The summed E-state index contributed by atoms with van der Waals surface area (Å²) in [5.41, 5.74) is 1.54. The summed E-state index contributed by atoms with van der Waals surface area (Å²) in [7, 11) is 0. The number of aromatic nitrogens is 5. The molecule has 0 saturated carbocycles. The Kier molecular flexibility index (Phi) is 6.03. The first-order valence-corrected chi connectivity index (χ1v) is 10.4. The largest absolute Gasteiger partial charge is 0.360 e. The number of rotatable bonds is 6. The van der Waals surface area contributed by atoms with Gasteiger partial charge in [-0.25, -0.2) is 0 Å². The van der Waals surface area contributed by atoms with Crippen LogP contribution in [0.5, 0.6) is 0 Å². The Morgan fingerprint density at radius 2 is 1.93 bits per heavy atom. The molecule has 0 spiro atoms. The molecular formula is C19H14Cl2N6O2S. The summed E-state index contributed by atoms with van der Waals surface area (Å²) < 4.78 is 6.77. The van der Waals surface area contributed by atoms with Crippen molar-refractivity contribution in [2.75, 3.05) is 11.1 Å². The van der Waals surface area contributed by atoms with Crippen LogP contribution in [0.4, 0.5) is 5.82 Å². The van der Waals surface area contributed by atoms with E-state index in [0.717, 1.165) is 11.3 Å². The Morgan fingerprint density at radius 1 is 1.13 bits per heavy atom. The number of nitrogens with one attached hydrogen (secondary N) is 1. The van der Waals surface area contributed by atoms with Crippen molar-refractivity contribution in [1.29, 1.82) is 0 Å². The number of pyridine rings is 1. The molecule has 0 radical (unpaired) electrons. The standard InChI is InChI=1S/C19H14Cl2N6O2S/c1-11-8-16(26-29-11)23-17(28)10-30-19-25-24-18(12-4-6-22-7-5-12)27(19)13-2-3-14(20)15(21)9-13/h2-9H,10H2,1H3,(H,23,26,28). The molecule has 0 fully saturated rings. The molecule has 0 atom stereocenters. The third kappa shape index (κ3) is 4.48. The van der Waals surface area contributed by atoms with Crippen LogP contribution >= 0.6 is 35.0 Å². The van der Waals surface area contributed by atoms with E-state index in [9.17, 15) is 4.79 Å². The van der Waals surface area contributed by atoms with E-state index in [1.54, 1.807) is 37.5 Å². The van der Waals surface area contributed by atoms with Crippen LogP contribution in [0.1, 0.15) is 5.76 Å². The van der Waals surface area contributed by atoms with Crippen LogP contribution in [0.3, 0.4) is 0 Å². The minimum Gasteiger partial charge on any atom is -0.360 e. The van der Waals surface area contributed by atoms with E-state index in [-0.39, 0.29) is 11.7 Å². The zero-order valence-electron chi connectivity index (χ0n) is 15.5. The molecule has 3 aromatic heterocycles. The van der Waals surface area contributed by atoms with Gasteiger partial charge in [0.15, 0.2) is 16.8 Å². The maximum atomic E-state index is 12.3. The van der Waals surface area contributed by atoms with Gasteiger partial charge >= 0.3 is 0 Å². The Labute approximate surface area is 185 Å². The van der Waals surface area contributed by atoms with Gasteiger partial charge in [-0.3, -0.25) is 14.3 Å². The molecule has 1 N–H and O–H groups in total. The van der Waals surface area contributed by atoms with E-state index in [1.807, 2.05) is 22.8 Å². The molecule has 4 aromatic rings. The van der Waals surface area contributed by atoms with E-state index in [2.05, 4.69) is 25.7 Å². The van der Waals surface area contributed by atoms with Crippen molar-refractivity contribution in [1.82, 2.24) is 24.9 Å². The topological polar surface area (TPSA) is 98.7 Å². The van der Waals surface area contributed by atoms with Gasteiger partial charge in [0, 0.05) is 24.0 Å². The van der Waals surface area contributed by atoms with Gasteiger partial charge in [0.25, 0.3) is 0 Å². The number of nitrogens with zero attached hydrogens (tertiary/aromatic N) is 5. The number of aryl methyl sites for hydroxylation is 1. The summed E-state index contributed by atoms with van der Waals surface area (Å²) in [6.07, 6.45) is 3.34. The second-order valence-electron chi connectivity index (χ2n) is 6.14. The highest BCUT2D eigenvalue weighted by Gasteiger charge is 2.18. The summed E-state index contributed by atoms with van der Waals surface area (Å²) in [4.78, 5) is 16.3. The number of benzene rings is 1. The molecule has 0 aliphatic heterocycles. The summed E-state index contributed by atoms with van der Waals surface area (Å²) in [5.74, 6) is 1.41. The lowest BCUT2D eigenvalue weighted by molar-refractivity contribution is -0.113. The van der Waals surface area contributed by atoms with Crippen LogP contribution in [0.15, 0.2) is 58.5 Å². The van der Waals surface area contributed by atoms with E-state index in [0.29, 0.717) is 32.6 Å². The van der Waals surface area contributed by atoms with Crippen LogP contribution < -0.4 is 5.32 Å². The van der Waals surface area contributed by atoms with Crippen LogP contribution in [0.2, 0.25) is 10.0 Å². The van der Waals surface area contributed by atoms with Crippen LogP contribution in [-0.2, 0) is 4.79 Å². The quantitative estimate of drug-likeness (QED) is 0.417. The van der Waals surface area contributed by atoms with Gasteiger partial charge in [0.1, 0.15) is 5.76 Å². The van der Waals surface area contributed by atoms with Gasteiger partial charge in [-0.15, -0.1) is 10.2 Å². The van der Waals surface area contributed by atoms with Crippen LogP contribution in [0.25, 0.3) is 17.1 Å². The van der Waals surface area contributed by atoms with E-state index >= 15 is 0 Å². The Morgan fingerprint density at radius 3 is 2.63 bits per heavy atom. The van der Waals surface area contributed by atoms with Crippen molar-refractivity contribution < 1.29 is 9.32 Å². The molecule has 0 saturated heterocycles. The highest BCUT2D eigenvalue weighted by atomic mass is 35.5. The van der Waals surface area contributed by atoms with Crippen molar-refractivity contribution in [2.45, 2.75) is 12.1 Å². The number of carbonyl (C=O) groups is 1. The third-order valence-corrected chi connectivity index (χ3v) is 5.63. The molecule has 1 aromatic carbocycles. The van der Waals surface area contributed by atoms with Gasteiger partial charge in [-0.05, 0) is 37.3 Å². The first-order valence-electron chi connectivity index (χ1n) is 8.68. The number of anilines is 1. The third-order valence-electron chi connectivity index (χ3n) is 3.96. The Hall–Kier alpha value is -2.88. The normalized spacial score (nSPS) is 10.9. The first kappa shape index (κ1) is 20.4. The fraction of sp³-hybridized carbons (Fsp3) is 0.105. The summed E-state index contributed by atoms with van der Waals surface area (Å²) in [6.45, 7) is 1.75. The lowest BCUT2D eigenvalue weighted by atomic mass is 10.2. The van der Waals surface area contributed by atoms with Crippen molar-refractivity contribution in [3.63, 3.8) is 0 Å². The van der Waals surface area contributed by atoms with Gasteiger partial charge in [-0.2, -0.15) is 0 Å². The predicted octanol–water partition coefficient (Wildman–Crippen LogP) is 4.66. The number of hydrogen-bond donors (Lipinski definition) is 1. The average Bonchev–Trinajstić information content (AvgIpc) is 3.35. The number of carbonyl (C=O) groups excluding carboxylic acids is 1. The van der Waals surface area contributed by atoms with Gasteiger partial charge in [-0.1, -0.05) is 40.1 Å². The highest BCUT2D eigenvalue weighted by molar-refractivity contribution is 7.99. The monoisotopic (exact) mass is 460 g/mol. The maximum Gasteiger partial charge on any atom is 0.236 e. The highest BCUT2D eigenvalue weighted by Crippen LogP contribution is 2.31. The van der Waals surface area contributed by atoms with Gasteiger partial charge in [0.2, 0.25) is 5.91 Å². The lowest BCUT2D eigenvalue weighted by Gasteiger charge is -2.11. The van der Waals surface area contributed by atoms with E-state index in [1.165, 1.54) is 11.8 Å². The fourth-order valence-electron chi connectivity index (χ4n) is 2.64. The molecule has 0 bridgehead atoms. The van der Waals surface area contributed by atoms with E-state index in [4.69, 9.17) is 27.7 Å². The van der Waals surface area contributed by atoms with E-state index < -0.39 is 0 Å². The SMILES string of the molecule is Cc1cc(NC(=O)CSc2nnc(-c3ccncc3)n2-c2ccc(Cl)c(Cl)c2)no1. The predicted molar refractivity (Wildman–Crippen MR) is 115 cm³/mol. The van der Waals surface area contributed by atoms with Crippen molar-refractivity contribution in [2.24, 2.45) is 0 Å². The zero-order chi connectivity index (χ0) is 21.1. The summed E-state index contributed by atoms with van der Waals surface area (Å²) in [5, 5.41) is 16.4. The maximum absolute atomic E-state index is 12.3. The number of halogens is 2. The average molecular weight is 461 g/mol. The Bertz CT molecular complexity index is 1190. The minimum absolute atomic E-state index is 0.0989. The molecule has 0 aliphatic rings. The fourth-order valence-corrected chi connectivity index (χ4v) is 3.69. The molecular weight excluding hydrogens is 447 g/mol. The number of thioether (sulfide) groups is 1. The molecule has 30 heavy (non-hydrogen) atoms. The second-order valence-corrected chi connectivity index (χ2v) is 7.89. The molecule has 4 rings (SSSR count). The number of hydrogen-bond acceptors (Lipinski definition) is 7. The zero-order valence-corrected chi connectivity index (χ0v) is 17.9. The van der Waals surface area contributed by atoms with Gasteiger partial charge < -0.3 is 9.84 Å². The van der Waals surface area contributed by atoms with Crippen molar-refractivity contribution in [3.8, 4) is 17.1 Å². The van der Waals surface area contributed by atoms with Crippen LogP contribution in [0, 0.1) is 6.92 Å². The van der Waals surface area contributed by atoms with Crippen LogP contribution in [-0.4, -0.2) is 36.6 Å². The van der Waals surface area contributed by atoms with Crippen molar-refractivity contribution >= 4 is 46.7 Å². The van der Waals surface area contributed by atoms with Crippen molar-refractivity contribution in [3.05, 3.63) is 64.6 Å². The Balaban J connectivity index is 1.63. The summed E-state index contributed by atoms with van der Waals surface area (Å²) in [6, 6.07) is 10.5.